The third-order valence-electron chi connectivity index (χ3n) is 2.01. The average Bonchev–Trinajstić information content (AvgIpc) is 2.76. The van der Waals surface area contributed by atoms with Crippen LogP contribution in [0, 0.1) is 0 Å². The first-order chi connectivity index (χ1) is 6.84. The van der Waals surface area contributed by atoms with Crippen LogP contribution in [-0.2, 0) is 13.1 Å². The molecule has 2 heterocycles. The van der Waals surface area contributed by atoms with Gasteiger partial charge >= 0.3 is 0 Å². The lowest BCUT2D eigenvalue weighted by atomic mass is 10.4. The smallest absolute Gasteiger partial charge is 0.117 e. The first-order valence-electron chi connectivity index (χ1n) is 4.58. The molecule has 0 fully saturated rings. The van der Waals surface area contributed by atoms with Crippen molar-refractivity contribution in [3.8, 4) is 0 Å². The Morgan fingerprint density at radius 1 is 1.00 bits per heavy atom. The van der Waals surface area contributed by atoms with Crippen molar-refractivity contribution >= 4 is 12.4 Å². The zero-order valence-corrected chi connectivity index (χ0v) is 9.37. The molecule has 2 aromatic heterocycles. The molecule has 0 saturated carbocycles. The molecule has 0 aliphatic heterocycles. The summed E-state index contributed by atoms with van der Waals surface area (Å²) in [6.07, 6.45) is 3.38. The van der Waals surface area contributed by atoms with Crippen LogP contribution in [0.5, 0.6) is 0 Å². The maximum atomic E-state index is 5.25. The summed E-state index contributed by atoms with van der Waals surface area (Å²) in [6, 6.07) is 7.74. The maximum Gasteiger partial charge on any atom is 0.117 e. The average molecular weight is 228 g/mol. The predicted octanol–water partition coefficient (Wildman–Crippen LogP) is 2.93. The Hall–Kier alpha value is -1.19. The molecule has 2 rings (SSSR count). The molecule has 0 spiro atoms. The van der Waals surface area contributed by atoms with Gasteiger partial charge in [0.1, 0.15) is 11.5 Å². The lowest BCUT2D eigenvalue weighted by Crippen LogP contribution is -2.16. The Morgan fingerprint density at radius 3 is 1.80 bits per heavy atom. The van der Waals surface area contributed by atoms with E-state index >= 15 is 0 Å². The summed E-state index contributed by atoms with van der Waals surface area (Å²) in [4.78, 5) is 2.14. The van der Waals surface area contributed by atoms with E-state index < -0.39 is 0 Å². The van der Waals surface area contributed by atoms with Gasteiger partial charge in [-0.15, -0.1) is 12.4 Å². The molecule has 0 aromatic carbocycles. The van der Waals surface area contributed by atoms with Crippen molar-refractivity contribution in [3.63, 3.8) is 0 Å². The molecule has 0 saturated heterocycles. The van der Waals surface area contributed by atoms with Gasteiger partial charge in [0.2, 0.25) is 0 Å². The summed E-state index contributed by atoms with van der Waals surface area (Å²) in [5.74, 6) is 1.94. The number of furan rings is 2. The molecule has 82 valence electrons. The zero-order valence-electron chi connectivity index (χ0n) is 8.55. The summed E-state index contributed by atoms with van der Waals surface area (Å²) >= 11 is 0. The van der Waals surface area contributed by atoms with Gasteiger partial charge in [-0.05, 0) is 31.3 Å². The molecule has 15 heavy (non-hydrogen) atoms. The van der Waals surface area contributed by atoms with Gasteiger partial charge in [-0.25, -0.2) is 0 Å². The van der Waals surface area contributed by atoms with Crippen molar-refractivity contribution < 1.29 is 8.83 Å². The summed E-state index contributed by atoms with van der Waals surface area (Å²) in [5.41, 5.74) is 0. The van der Waals surface area contributed by atoms with Crippen molar-refractivity contribution in [2.75, 3.05) is 7.05 Å². The molecule has 0 amide bonds. The zero-order chi connectivity index (χ0) is 9.80. The van der Waals surface area contributed by atoms with E-state index in [0.717, 1.165) is 24.6 Å². The molecule has 0 bridgehead atoms. The Morgan fingerprint density at radius 2 is 1.47 bits per heavy atom. The second-order valence-corrected chi connectivity index (χ2v) is 3.33. The highest BCUT2D eigenvalue weighted by molar-refractivity contribution is 5.85. The molecule has 0 atom stereocenters. The SMILES string of the molecule is CN(Cc1ccco1)Cc1ccco1.Cl. The minimum Gasteiger partial charge on any atom is -0.468 e. The van der Waals surface area contributed by atoms with Crippen LogP contribution in [0.15, 0.2) is 45.6 Å². The van der Waals surface area contributed by atoms with Crippen LogP contribution < -0.4 is 0 Å². The van der Waals surface area contributed by atoms with E-state index in [9.17, 15) is 0 Å². The van der Waals surface area contributed by atoms with Crippen LogP contribution in [0.25, 0.3) is 0 Å². The highest BCUT2D eigenvalue weighted by Gasteiger charge is 2.04. The van der Waals surface area contributed by atoms with Crippen LogP contribution in [0.4, 0.5) is 0 Å². The Balaban J connectivity index is 0.00000112. The van der Waals surface area contributed by atoms with Crippen LogP contribution in [0.1, 0.15) is 11.5 Å². The molecule has 0 radical (unpaired) electrons. The van der Waals surface area contributed by atoms with Crippen LogP contribution in [-0.4, -0.2) is 11.9 Å². The third-order valence-corrected chi connectivity index (χ3v) is 2.01. The van der Waals surface area contributed by atoms with Crippen LogP contribution in [0.2, 0.25) is 0 Å². The van der Waals surface area contributed by atoms with Crippen molar-refractivity contribution in [2.45, 2.75) is 13.1 Å². The lowest BCUT2D eigenvalue weighted by Gasteiger charge is -2.12. The fraction of sp³-hybridized carbons (Fsp3) is 0.273. The van der Waals surface area contributed by atoms with Gasteiger partial charge in [-0.1, -0.05) is 0 Å². The Labute approximate surface area is 95.1 Å². The standard InChI is InChI=1S/C11H13NO2.ClH/c1-12(8-10-4-2-6-13-10)9-11-5-3-7-14-11;/h2-7H,8-9H2,1H3;1H. The molecule has 0 N–H and O–H groups in total. The van der Waals surface area contributed by atoms with Gasteiger partial charge in [0, 0.05) is 0 Å². The number of halogens is 1. The van der Waals surface area contributed by atoms with Gasteiger partial charge < -0.3 is 8.83 Å². The summed E-state index contributed by atoms with van der Waals surface area (Å²) in [6.45, 7) is 1.60. The van der Waals surface area contributed by atoms with Crippen molar-refractivity contribution in [2.24, 2.45) is 0 Å². The van der Waals surface area contributed by atoms with E-state index in [1.54, 1.807) is 12.5 Å². The highest BCUT2D eigenvalue weighted by atomic mass is 35.5. The first-order valence-corrected chi connectivity index (χ1v) is 4.58. The van der Waals surface area contributed by atoms with E-state index in [-0.39, 0.29) is 12.4 Å². The second-order valence-electron chi connectivity index (χ2n) is 3.33. The maximum absolute atomic E-state index is 5.25. The van der Waals surface area contributed by atoms with E-state index in [0.29, 0.717) is 0 Å². The predicted molar refractivity (Wildman–Crippen MR) is 59.8 cm³/mol. The largest absolute Gasteiger partial charge is 0.468 e. The number of rotatable bonds is 4. The Bertz CT molecular complexity index is 320. The molecule has 0 aliphatic carbocycles. The van der Waals surface area contributed by atoms with E-state index in [4.69, 9.17) is 8.83 Å². The van der Waals surface area contributed by atoms with E-state index in [2.05, 4.69) is 4.90 Å². The van der Waals surface area contributed by atoms with Gasteiger partial charge in [0.25, 0.3) is 0 Å². The molecule has 0 aliphatic rings. The third kappa shape index (κ3) is 3.46. The minimum atomic E-state index is 0. The van der Waals surface area contributed by atoms with Crippen molar-refractivity contribution in [1.82, 2.24) is 4.90 Å². The quantitative estimate of drug-likeness (QED) is 0.805. The van der Waals surface area contributed by atoms with Crippen molar-refractivity contribution in [1.29, 1.82) is 0 Å². The molecule has 0 unspecified atom stereocenters. The van der Waals surface area contributed by atoms with Gasteiger partial charge in [0.05, 0.1) is 25.6 Å². The molecule has 3 nitrogen and oxygen atoms in total. The van der Waals surface area contributed by atoms with E-state index in [1.807, 2.05) is 31.3 Å². The normalized spacial score (nSPS) is 10.3. The second kappa shape index (κ2) is 5.63. The number of nitrogens with zero attached hydrogens (tertiary/aromatic N) is 1. The van der Waals surface area contributed by atoms with Gasteiger partial charge in [-0.2, -0.15) is 0 Å². The van der Waals surface area contributed by atoms with Crippen LogP contribution >= 0.6 is 12.4 Å². The van der Waals surface area contributed by atoms with Gasteiger partial charge in [0.15, 0.2) is 0 Å². The lowest BCUT2D eigenvalue weighted by molar-refractivity contribution is 0.264. The first kappa shape index (κ1) is 11.9. The fourth-order valence-electron chi connectivity index (χ4n) is 1.39. The topological polar surface area (TPSA) is 29.5 Å². The van der Waals surface area contributed by atoms with E-state index in [1.165, 1.54) is 0 Å². The molecule has 2 aromatic rings. The number of hydrogen-bond acceptors (Lipinski definition) is 3. The Kier molecular flexibility index (Phi) is 4.46. The highest BCUT2D eigenvalue weighted by Crippen LogP contribution is 2.08. The molecular formula is C11H14ClNO2. The van der Waals surface area contributed by atoms with Crippen LogP contribution in [0.3, 0.4) is 0 Å². The summed E-state index contributed by atoms with van der Waals surface area (Å²) in [7, 11) is 2.03. The molecular weight excluding hydrogens is 214 g/mol. The summed E-state index contributed by atoms with van der Waals surface area (Å²) in [5, 5.41) is 0. The van der Waals surface area contributed by atoms with Crippen molar-refractivity contribution in [3.05, 3.63) is 48.3 Å². The minimum absolute atomic E-state index is 0. The fourth-order valence-corrected chi connectivity index (χ4v) is 1.39. The van der Waals surface area contributed by atoms with Gasteiger partial charge in [-0.3, -0.25) is 4.90 Å². The monoisotopic (exact) mass is 227 g/mol. The molecule has 4 heteroatoms. The summed E-state index contributed by atoms with van der Waals surface area (Å²) < 4.78 is 10.5. The number of hydrogen-bond donors (Lipinski definition) is 0.